The summed E-state index contributed by atoms with van der Waals surface area (Å²) in [5.74, 6) is -0.170. The average molecular weight is 530 g/mol. The summed E-state index contributed by atoms with van der Waals surface area (Å²) in [6.07, 6.45) is 4.99. The van der Waals surface area contributed by atoms with Crippen LogP contribution in [0.5, 0.6) is 11.6 Å². The van der Waals surface area contributed by atoms with Crippen LogP contribution in [-0.4, -0.2) is 26.7 Å². The molecule has 2 aromatic carbocycles. The van der Waals surface area contributed by atoms with Gasteiger partial charge in [0.25, 0.3) is 0 Å². The van der Waals surface area contributed by atoms with E-state index in [4.69, 9.17) is 0 Å². The molecule has 5 nitrogen and oxygen atoms in total. The van der Waals surface area contributed by atoms with Crippen molar-refractivity contribution in [2.24, 2.45) is 0 Å². The molecule has 3 heterocycles. The number of hydrogen-bond donors (Lipinski definition) is 2. The Labute approximate surface area is 227 Å². The van der Waals surface area contributed by atoms with Gasteiger partial charge in [-0.25, -0.2) is 9.97 Å². The molecule has 1 aliphatic rings. The van der Waals surface area contributed by atoms with E-state index >= 15 is 0 Å². The maximum atomic E-state index is 14.0. The number of benzene rings is 2. The van der Waals surface area contributed by atoms with Crippen LogP contribution in [0.2, 0.25) is 0 Å². The van der Waals surface area contributed by atoms with Crippen LogP contribution in [0.15, 0.2) is 70.6 Å². The molecule has 2 aromatic heterocycles. The summed E-state index contributed by atoms with van der Waals surface area (Å²) in [7, 11) is 0. The second-order valence-electron chi connectivity index (χ2n) is 9.81. The third-order valence-electron chi connectivity index (χ3n) is 7.27. The zero-order valence-corrected chi connectivity index (χ0v) is 22.7. The first-order valence-electron chi connectivity index (χ1n) is 13.1. The Kier molecular flexibility index (Phi) is 7.56. The highest BCUT2D eigenvalue weighted by Crippen LogP contribution is 2.50. The Morgan fingerprint density at radius 1 is 1.08 bits per heavy atom. The first-order valence-corrected chi connectivity index (χ1v) is 13.9. The number of pyridine rings is 2. The summed E-state index contributed by atoms with van der Waals surface area (Å²) in [5, 5.41) is 22.6. The number of para-hydroxylation sites is 1. The van der Waals surface area contributed by atoms with Gasteiger partial charge in [0.2, 0.25) is 11.8 Å². The number of hydrogen-bond acceptors (Lipinski definition) is 6. The molecule has 38 heavy (non-hydrogen) atoms. The Morgan fingerprint density at radius 2 is 1.84 bits per heavy atom. The van der Waals surface area contributed by atoms with Crippen LogP contribution < -0.4 is 4.90 Å². The molecule has 1 aliphatic heterocycles. The number of rotatable bonds is 7. The van der Waals surface area contributed by atoms with Crippen molar-refractivity contribution in [2.45, 2.75) is 62.2 Å². The number of anilines is 2. The van der Waals surface area contributed by atoms with Crippen molar-refractivity contribution < 1.29 is 14.6 Å². The standard InChI is InChI=1S/C31H32FN3O2S/c1-4-5-9-25-27(35-18-16-19(2)23-8-6-7-10-26(23)35)28(36)29(31(37)34-25)38-22-13-11-21(12-14-22)24-15-17-33-30(32)20(24)3/h6-8,10-15,17,19H,4-5,9,16,18H2,1-3H3,(H2,34,36,37). The van der Waals surface area contributed by atoms with Crippen LogP contribution >= 0.6 is 11.8 Å². The highest BCUT2D eigenvalue weighted by Gasteiger charge is 2.30. The number of halogens is 1. The fraction of sp³-hybridized carbons (Fsp3) is 0.290. The number of fused-ring (bicyclic) bond motifs is 1. The average Bonchev–Trinajstić information content (AvgIpc) is 2.93. The van der Waals surface area contributed by atoms with Crippen molar-refractivity contribution in [3.8, 4) is 22.8 Å². The van der Waals surface area contributed by atoms with Gasteiger partial charge >= 0.3 is 0 Å². The summed E-state index contributed by atoms with van der Waals surface area (Å²) in [6.45, 7) is 6.82. The van der Waals surface area contributed by atoms with Crippen LogP contribution in [0.25, 0.3) is 11.1 Å². The molecule has 0 saturated heterocycles. The van der Waals surface area contributed by atoms with E-state index in [1.54, 1.807) is 13.0 Å². The lowest BCUT2D eigenvalue weighted by Crippen LogP contribution is -2.27. The monoisotopic (exact) mass is 529 g/mol. The number of aromatic nitrogens is 2. The van der Waals surface area contributed by atoms with Gasteiger partial charge in [-0.1, -0.05) is 62.4 Å². The Hall–Kier alpha value is -3.58. The van der Waals surface area contributed by atoms with E-state index in [9.17, 15) is 14.6 Å². The molecule has 2 N–H and O–H groups in total. The number of aryl methyl sites for hydroxylation is 1. The van der Waals surface area contributed by atoms with Gasteiger partial charge in [-0.3, -0.25) is 0 Å². The highest BCUT2D eigenvalue weighted by molar-refractivity contribution is 7.99. The van der Waals surface area contributed by atoms with Crippen molar-refractivity contribution >= 4 is 23.1 Å². The molecule has 4 aromatic rings. The summed E-state index contributed by atoms with van der Waals surface area (Å²) in [6, 6.07) is 17.7. The molecule has 0 spiro atoms. The zero-order chi connectivity index (χ0) is 26.8. The summed E-state index contributed by atoms with van der Waals surface area (Å²) in [4.78, 5) is 11.6. The molecular formula is C31H32FN3O2S. The minimum Gasteiger partial charge on any atom is -0.504 e. The Morgan fingerprint density at radius 3 is 2.61 bits per heavy atom. The molecule has 196 valence electrons. The third kappa shape index (κ3) is 4.95. The van der Waals surface area contributed by atoms with E-state index in [2.05, 4.69) is 46.9 Å². The van der Waals surface area contributed by atoms with Gasteiger partial charge < -0.3 is 15.1 Å². The SMILES string of the molecule is CCCCc1nc(O)c(Sc2ccc(-c3ccnc(F)c3C)cc2)c(O)c1N1CCC(C)c2ccccc21. The van der Waals surface area contributed by atoms with E-state index in [0.29, 0.717) is 34.2 Å². The predicted octanol–water partition coefficient (Wildman–Crippen LogP) is 8.14. The van der Waals surface area contributed by atoms with Gasteiger partial charge in [-0.05, 0) is 73.1 Å². The van der Waals surface area contributed by atoms with E-state index in [0.717, 1.165) is 47.5 Å². The third-order valence-corrected chi connectivity index (χ3v) is 8.35. The largest absolute Gasteiger partial charge is 0.504 e. The van der Waals surface area contributed by atoms with Crippen LogP contribution in [0.1, 0.15) is 55.8 Å². The predicted molar refractivity (Wildman–Crippen MR) is 151 cm³/mol. The minimum atomic E-state index is -0.480. The van der Waals surface area contributed by atoms with Gasteiger partial charge in [0.1, 0.15) is 10.6 Å². The summed E-state index contributed by atoms with van der Waals surface area (Å²) < 4.78 is 14.0. The normalized spacial score (nSPS) is 14.9. The van der Waals surface area contributed by atoms with Crippen molar-refractivity contribution in [2.75, 3.05) is 11.4 Å². The first-order chi connectivity index (χ1) is 18.4. The lowest BCUT2D eigenvalue weighted by molar-refractivity contribution is 0.409. The van der Waals surface area contributed by atoms with E-state index in [-0.39, 0.29) is 11.6 Å². The summed E-state index contributed by atoms with van der Waals surface area (Å²) >= 11 is 1.27. The molecule has 0 saturated carbocycles. The van der Waals surface area contributed by atoms with Gasteiger partial charge in [0.15, 0.2) is 5.75 Å². The fourth-order valence-corrected chi connectivity index (χ4v) is 5.94. The van der Waals surface area contributed by atoms with Crippen LogP contribution in [0.3, 0.4) is 0 Å². The first kappa shape index (κ1) is 26.0. The lowest BCUT2D eigenvalue weighted by atomic mass is 9.91. The topological polar surface area (TPSA) is 69.5 Å². The molecular weight excluding hydrogens is 497 g/mol. The molecule has 5 rings (SSSR count). The van der Waals surface area contributed by atoms with Crippen LogP contribution in [-0.2, 0) is 6.42 Å². The maximum Gasteiger partial charge on any atom is 0.229 e. The van der Waals surface area contributed by atoms with Crippen molar-refractivity contribution in [1.29, 1.82) is 0 Å². The molecule has 1 atom stereocenters. The second kappa shape index (κ2) is 11.0. The van der Waals surface area contributed by atoms with Crippen LogP contribution in [0, 0.1) is 12.9 Å². The quantitative estimate of drug-likeness (QED) is 0.236. The van der Waals surface area contributed by atoms with Gasteiger partial charge in [-0.2, -0.15) is 4.39 Å². The molecule has 0 radical (unpaired) electrons. The molecule has 0 bridgehead atoms. The van der Waals surface area contributed by atoms with Gasteiger partial charge in [0.05, 0.1) is 5.69 Å². The molecule has 0 aliphatic carbocycles. The minimum absolute atomic E-state index is 0.0501. The Balaban J connectivity index is 1.53. The van der Waals surface area contributed by atoms with Crippen LogP contribution in [0.4, 0.5) is 15.8 Å². The second-order valence-corrected chi connectivity index (χ2v) is 10.9. The highest BCUT2D eigenvalue weighted by atomic mass is 32.2. The van der Waals surface area contributed by atoms with Crippen molar-refractivity contribution in [3.63, 3.8) is 0 Å². The summed E-state index contributed by atoms with van der Waals surface area (Å²) in [5.41, 5.74) is 5.86. The van der Waals surface area contributed by atoms with Crippen molar-refractivity contribution in [3.05, 3.63) is 83.6 Å². The smallest absolute Gasteiger partial charge is 0.229 e. The fourth-order valence-electron chi connectivity index (χ4n) is 5.10. The van der Waals surface area contributed by atoms with Gasteiger partial charge in [0, 0.05) is 28.9 Å². The molecule has 0 fully saturated rings. The van der Waals surface area contributed by atoms with Gasteiger partial charge in [-0.15, -0.1) is 0 Å². The number of aromatic hydroxyl groups is 2. The van der Waals surface area contributed by atoms with E-state index < -0.39 is 5.95 Å². The molecule has 0 amide bonds. The number of unbranched alkanes of at least 4 members (excludes halogenated alkanes) is 1. The Bertz CT molecular complexity index is 1460. The van der Waals surface area contributed by atoms with E-state index in [1.165, 1.54) is 23.5 Å². The van der Waals surface area contributed by atoms with Crippen molar-refractivity contribution in [1.82, 2.24) is 9.97 Å². The van der Waals surface area contributed by atoms with E-state index in [1.807, 2.05) is 30.3 Å². The zero-order valence-electron chi connectivity index (χ0n) is 21.9. The maximum absolute atomic E-state index is 14.0. The molecule has 7 heteroatoms. The lowest BCUT2D eigenvalue weighted by Gasteiger charge is -2.36. The number of nitrogens with zero attached hydrogens (tertiary/aromatic N) is 3. The molecule has 1 unspecified atom stereocenters.